The lowest BCUT2D eigenvalue weighted by Gasteiger charge is -2.15. The molecule has 1 saturated heterocycles. The van der Waals surface area contributed by atoms with Crippen LogP contribution in [0.1, 0.15) is 18.1 Å². The van der Waals surface area contributed by atoms with Gasteiger partial charge in [0.1, 0.15) is 6.61 Å². The zero-order valence-electron chi connectivity index (χ0n) is 16.2. The molecule has 2 aromatic rings. The number of rotatable bonds is 6. The fourth-order valence-electron chi connectivity index (χ4n) is 2.71. The topological polar surface area (TPSA) is 51.1 Å². The lowest BCUT2D eigenvalue weighted by molar-refractivity contribution is -0.121. The summed E-state index contributed by atoms with van der Waals surface area (Å²) in [5.41, 5.74) is 1.77. The summed E-state index contributed by atoms with van der Waals surface area (Å²) < 4.78 is 12.7. The predicted octanol–water partition coefficient (Wildman–Crippen LogP) is 5.61. The van der Waals surface area contributed by atoms with Gasteiger partial charge in [-0.25, -0.2) is 0 Å². The second kappa shape index (κ2) is 9.69. The number of aliphatic imine (C=N–C) groups is 1. The van der Waals surface area contributed by atoms with Gasteiger partial charge in [-0.05, 0) is 60.2 Å². The molecule has 0 spiro atoms. The van der Waals surface area contributed by atoms with E-state index >= 15 is 0 Å². The second-order valence-electron chi connectivity index (χ2n) is 6.16. The van der Waals surface area contributed by atoms with Crippen molar-refractivity contribution in [2.75, 3.05) is 20.7 Å². The standard InChI is InChI=1S/C21H20BrClN2O3S/c1-4-27-17-10-14(11-18-20(26)25(3)21(24-2)29-18)9-16(23)19(17)28-12-13-5-7-15(22)8-6-13/h5-11H,4,12H2,1-3H3/b18-11-,24-21?. The molecular formula is C21H20BrClN2O3S. The Bertz CT molecular complexity index is 977. The minimum Gasteiger partial charge on any atom is -0.490 e. The van der Waals surface area contributed by atoms with Gasteiger partial charge in [-0.15, -0.1) is 0 Å². The Morgan fingerprint density at radius 1 is 1.24 bits per heavy atom. The summed E-state index contributed by atoms with van der Waals surface area (Å²) in [6.07, 6.45) is 1.79. The minimum absolute atomic E-state index is 0.0970. The van der Waals surface area contributed by atoms with Gasteiger partial charge in [0.05, 0.1) is 16.5 Å². The Morgan fingerprint density at radius 2 is 1.97 bits per heavy atom. The van der Waals surface area contributed by atoms with Crippen molar-refractivity contribution >= 4 is 56.4 Å². The fraction of sp³-hybridized carbons (Fsp3) is 0.238. The molecule has 8 heteroatoms. The molecule has 29 heavy (non-hydrogen) atoms. The van der Waals surface area contributed by atoms with Crippen molar-refractivity contribution < 1.29 is 14.3 Å². The number of nitrogens with zero attached hydrogens (tertiary/aromatic N) is 2. The summed E-state index contributed by atoms with van der Waals surface area (Å²) in [4.78, 5) is 18.6. The van der Waals surface area contributed by atoms with Gasteiger partial charge < -0.3 is 9.47 Å². The molecule has 1 heterocycles. The molecule has 0 bridgehead atoms. The van der Waals surface area contributed by atoms with E-state index in [-0.39, 0.29) is 5.91 Å². The maximum absolute atomic E-state index is 12.4. The van der Waals surface area contributed by atoms with E-state index in [1.54, 1.807) is 26.2 Å². The summed E-state index contributed by atoms with van der Waals surface area (Å²) >= 11 is 11.3. The molecule has 0 aromatic heterocycles. The molecule has 0 unspecified atom stereocenters. The maximum atomic E-state index is 12.4. The van der Waals surface area contributed by atoms with Gasteiger partial charge in [0.2, 0.25) is 0 Å². The molecule has 1 fully saturated rings. The number of thioether (sulfide) groups is 1. The Hall–Kier alpha value is -1.96. The maximum Gasteiger partial charge on any atom is 0.266 e. The Morgan fingerprint density at radius 3 is 2.59 bits per heavy atom. The highest BCUT2D eigenvalue weighted by Crippen LogP contribution is 2.39. The highest BCUT2D eigenvalue weighted by molar-refractivity contribution is 9.10. The van der Waals surface area contributed by atoms with Crippen LogP contribution in [0.15, 0.2) is 50.8 Å². The number of ether oxygens (including phenoxy) is 2. The van der Waals surface area contributed by atoms with Crippen LogP contribution < -0.4 is 9.47 Å². The molecule has 0 saturated carbocycles. The van der Waals surface area contributed by atoms with Crippen LogP contribution in [0.5, 0.6) is 11.5 Å². The Balaban J connectivity index is 1.87. The van der Waals surface area contributed by atoms with Crippen LogP contribution in [0.25, 0.3) is 6.08 Å². The number of carbonyl (C=O) groups excluding carboxylic acids is 1. The van der Waals surface area contributed by atoms with Crippen molar-refractivity contribution in [2.24, 2.45) is 4.99 Å². The average Bonchev–Trinajstić information content (AvgIpc) is 2.97. The highest BCUT2D eigenvalue weighted by Gasteiger charge is 2.29. The number of likely N-dealkylation sites (N-methyl/N-ethyl adjacent to an activating group) is 1. The van der Waals surface area contributed by atoms with Gasteiger partial charge in [0.25, 0.3) is 5.91 Å². The third-order valence-electron chi connectivity index (χ3n) is 4.12. The lowest BCUT2D eigenvalue weighted by Crippen LogP contribution is -2.23. The first-order chi connectivity index (χ1) is 13.9. The van der Waals surface area contributed by atoms with Gasteiger partial charge in [-0.3, -0.25) is 14.7 Å². The first kappa shape index (κ1) is 21.7. The summed E-state index contributed by atoms with van der Waals surface area (Å²) in [6.45, 7) is 2.73. The van der Waals surface area contributed by atoms with E-state index in [0.717, 1.165) is 15.6 Å². The summed E-state index contributed by atoms with van der Waals surface area (Å²) in [7, 11) is 3.37. The van der Waals surface area contributed by atoms with Crippen LogP contribution >= 0.6 is 39.3 Å². The van der Waals surface area contributed by atoms with Gasteiger partial charge in [-0.1, -0.05) is 39.7 Å². The van der Waals surface area contributed by atoms with E-state index in [1.807, 2.05) is 37.3 Å². The first-order valence-electron chi connectivity index (χ1n) is 8.91. The Labute approximate surface area is 187 Å². The monoisotopic (exact) mass is 494 g/mol. The molecule has 1 aliphatic rings. The first-order valence-corrected chi connectivity index (χ1v) is 10.9. The summed E-state index contributed by atoms with van der Waals surface area (Å²) in [5, 5.41) is 1.08. The van der Waals surface area contributed by atoms with Gasteiger partial charge in [0.15, 0.2) is 16.7 Å². The third-order valence-corrected chi connectivity index (χ3v) is 6.08. The lowest BCUT2D eigenvalue weighted by atomic mass is 10.1. The van der Waals surface area contributed by atoms with E-state index < -0.39 is 0 Å². The van der Waals surface area contributed by atoms with Gasteiger partial charge in [0, 0.05) is 18.6 Å². The molecule has 152 valence electrons. The zero-order chi connectivity index (χ0) is 21.0. The number of halogens is 2. The summed E-state index contributed by atoms with van der Waals surface area (Å²) in [6, 6.07) is 11.5. The minimum atomic E-state index is -0.0970. The van der Waals surface area contributed by atoms with Crippen LogP contribution in [0.2, 0.25) is 5.02 Å². The van der Waals surface area contributed by atoms with E-state index in [9.17, 15) is 4.79 Å². The third kappa shape index (κ3) is 5.15. The number of amides is 1. The number of benzene rings is 2. The quantitative estimate of drug-likeness (QED) is 0.489. The van der Waals surface area contributed by atoms with E-state index in [0.29, 0.717) is 39.8 Å². The van der Waals surface area contributed by atoms with Crippen molar-refractivity contribution in [3.8, 4) is 11.5 Å². The highest BCUT2D eigenvalue weighted by atomic mass is 79.9. The zero-order valence-corrected chi connectivity index (χ0v) is 19.4. The number of hydrogen-bond donors (Lipinski definition) is 0. The molecule has 0 aliphatic carbocycles. The SMILES string of the molecule is CCOc1cc(/C=C2\SC(=NC)N(C)C2=O)cc(Cl)c1OCc1ccc(Br)cc1. The molecule has 1 aliphatic heterocycles. The van der Waals surface area contributed by atoms with Crippen molar-refractivity contribution in [1.82, 2.24) is 4.90 Å². The van der Waals surface area contributed by atoms with Crippen LogP contribution in [0.3, 0.4) is 0 Å². The number of amidine groups is 1. The van der Waals surface area contributed by atoms with Gasteiger partial charge in [-0.2, -0.15) is 0 Å². The molecule has 3 rings (SSSR count). The Kier molecular flexibility index (Phi) is 7.27. The van der Waals surface area contributed by atoms with Crippen LogP contribution in [0.4, 0.5) is 0 Å². The van der Waals surface area contributed by atoms with Crippen LogP contribution in [-0.4, -0.2) is 36.7 Å². The largest absolute Gasteiger partial charge is 0.490 e. The molecule has 1 amide bonds. The van der Waals surface area contributed by atoms with E-state index in [2.05, 4.69) is 20.9 Å². The molecule has 0 radical (unpaired) electrons. The smallest absolute Gasteiger partial charge is 0.266 e. The normalized spacial score (nSPS) is 16.7. The second-order valence-corrected chi connectivity index (χ2v) is 8.49. The van der Waals surface area contributed by atoms with E-state index in [4.69, 9.17) is 21.1 Å². The van der Waals surface area contributed by atoms with Crippen molar-refractivity contribution in [1.29, 1.82) is 0 Å². The van der Waals surface area contributed by atoms with Crippen molar-refractivity contribution in [2.45, 2.75) is 13.5 Å². The van der Waals surface area contributed by atoms with Crippen molar-refractivity contribution in [3.05, 3.63) is 61.9 Å². The van der Waals surface area contributed by atoms with Gasteiger partial charge >= 0.3 is 0 Å². The molecule has 0 N–H and O–H groups in total. The number of hydrogen-bond acceptors (Lipinski definition) is 5. The van der Waals surface area contributed by atoms with Crippen molar-refractivity contribution in [3.63, 3.8) is 0 Å². The fourth-order valence-corrected chi connectivity index (χ4v) is 4.18. The molecule has 2 aromatic carbocycles. The molecule has 0 atom stereocenters. The summed E-state index contributed by atoms with van der Waals surface area (Å²) in [5.74, 6) is 0.925. The van der Waals surface area contributed by atoms with E-state index in [1.165, 1.54) is 16.7 Å². The number of carbonyl (C=O) groups is 1. The van der Waals surface area contributed by atoms with Crippen LogP contribution in [-0.2, 0) is 11.4 Å². The van der Waals surface area contributed by atoms with Crippen LogP contribution in [0, 0.1) is 0 Å². The molecule has 5 nitrogen and oxygen atoms in total. The average molecular weight is 496 g/mol. The molecular weight excluding hydrogens is 476 g/mol. The predicted molar refractivity (Wildman–Crippen MR) is 123 cm³/mol.